The lowest BCUT2D eigenvalue weighted by atomic mass is 9.97. The minimum Gasteiger partial charge on any atom is -0.348 e. The monoisotopic (exact) mass is 385 g/mol. The van der Waals surface area contributed by atoms with Crippen LogP contribution in [0.4, 0.5) is 0 Å². The van der Waals surface area contributed by atoms with Crippen molar-refractivity contribution in [3.63, 3.8) is 0 Å². The van der Waals surface area contributed by atoms with Crippen molar-refractivity contribution in [2.45, 2.75) is 32.9 Å². The number of rotatable bonds is 6. The number of hydrogen-bond donors (Lipinski definition) is 2. The van der Waals surface area contributed by atoms with Crippen LogP contribution in [0.1, 0.15) is 36.6 Å². The van der Waals surface area contributed by atoms with Crippen LogP contribution >= 0.6 is 11.3 Å². The molecule has 27 heavy (non-hydrogen) atoms. The van der Waals surface area contributed by atoms with E-state index in [1.807, 2.05) is 13.8 Å². The van der Waals surface area contributed by atoms with Gasteiger partial charge in [-0.05, 0) is 45.9 Å². The molecule has 144 valence electrons. The number of nitrogens with one attached hydrogen (secondary N) is 2. The fraction of sp³-hybridized carbons (Fsp3) is 0.429. The van der Waals surface area contributed by atoms with Gasteiger partial charge in [-0.2, -0.15) is 11.3 Å². The summed E-state index contributed by atoms with van der Waals surface area (Å²) < 4.78 is 0. The molecule has 2 amide bonds. The molecular formula is C21H27N3O2S. The van der Waals surface area contributed by atoms with E-state index in [1.54, 1.807) is 11.3 Å². The van der Waals surface area contributed by atoms with Crippen molar-refractivity contribution in [1.82, 2.24) is 15.5 Å². The minimum atomic E-state index is -0.562. The maximum absolute atomic E-state index is 12.2. The summed E-state index contributed by atoms with van der Waals surface area (Å²) in [6.07, 6.45) is 1.000. The molecule has 2 aromatic rings. The third-order valence-electron chi connectivity index (χ3n) is 4.86. The van der Waals surface area contributed by atoms with Gasteiger partial charge in [0.2, 0.25) is 0 Å². The van der Waals surface area contributed by atoms with Crippen molar-refractivity contribution < 1.29 is 9.59 Å². The van der Waals surface area contributed by atoms with Gasteiger partial charge in [-0.3, -0.25) is 14.5 Å². The van der Waals surface area contributed by atoms with E-state index in [-0.39, 0.29) is 6.04 Å². The van der Waals surface area contributed by atoms with Crippen molar-refractivity contribution in [2.75, 3.05) is 19.6 Å². The number of benzene rings is 1. The zero-order valence-electron chi connectivity index (χ0n) is 15.9. The molecule has 3 rings (SSSR count). The van der Waals surface area contributed by atoms with Crippen molar-refractivity contribution in [3.05, 3.63) is 57.8 Å². The molecule has 0 saturated heterocycles. The average Bonchev–Trinajstić information content (AvgIpc) is 3.20. The standard InChI is InChI=1S/C21H27N3O2S/c1-15(2)11-22-20(25)21(26)23-12-19(18-8-10-27-14-18)24-9-7-16-5-3-4-6-17(16)13-24/h3-6,8,10,14-15,19H,7,9,11-13H2,1-2H3,(H,22,25)(H,23,26). The number of hydrogen-bond acceptors (Lipinski definition) is 4. The van der Waals surface area contributed by atoms with Crippen molar-refractivity contribution in [1.29, 1.82) is 0 Å². The number of carbonyl (C=O) groups excluding carboxylic acids is 2. The van der Waals surface area contributed by atoms with E-state index in [2.05, 4.69) is 56.6 Å². The van der Waals surface area contributed by atoms with Crippen molar-refractivity contribution >= 4 is 23.2 Å². The Hall–Kier alpha value is -2.18. The summed E-state index contributed by atoms with van der Waals surface area (Å²) in [4.78, 5) is 26.5. The highest BCUT2D eigenvalue weighted by molar-refractivity contribution is 7.08. The minimum absolute atomic E-state index is 0.0615. The van der Waals surface area contributed by atoms with Gasteiger partial charge < -0.3 is 10.6 Å². The van der Waals surface area contributed by atoms with Gasteiger partial charge in [0.1, 0.15) is 0 Å². The van der Waals surface area contributed by atoms with Crippen LogP contribution in [-0.2, 0) is 22.6 Å². The highest BCUT2D eigenvalue weighted by atomic mass is 32.1. The van der Waals surface area contributed by atoms with Crippen LogP contribution in [0.2, 0.25) is 0 Å². The molecule has 1 aromatic carbocycles. The molecule has 5 nitrogen and oxygen atoms in total. The Morgan fingerprint density at radius 1 is 1.07 bits per heavy atom. The zero-order chi connectivity index (χ0) is 19.2. The van der Waals surface area contributed by atoms with Gasteiger partial charge in [-0.15, -0.1) is 0 Å². The topological polar surface area (TPSA) is 61.4 Å². The molecule has 2 N–H and O–H groups in total. The SMILES string of the molecule is CC(C)CNC(=O)C(=O)NCC(c1ccsc1)N1CCc2ccccc2C1. The lowest BCUT2D eigenvalue weighted by Gasteiger charge is -2.35. The second-order valence-corrected chi connectivity index (χ2v) is 8.16. The summed E-state index contributed by atoms with van der Waals surface area (Å²) in [5, 5.41) is 9.67. The lowest BCUT2D eigenvalue weighted by molar-refractivity contribution is -0.139. The lowest BCUT2D eigenvalue weighted by Crippen LogP contribution is -2.45. The van der Waals surface area contributed by atoms with Crippen LogP contribution < -0.4 is 10.6 Å². The Labute approximate surface area is 164 Å². The first-order valence-corrected chi connectivity index (χ1v) is 10.4. The average molecular weight is 386 g/mol. The van der Waals surface area contributed by atoms with E-state index in [9.17, 15) is 9.59 Å². The van der Waals surface area contributed by atoms with Crippen LogP contribution in [0.3, 0.4) is 0 Å². The predicted octanol–water partition coefficient (Wildman–Crippen LogP) is 2.74. The molecule has 0 saturated carbocycles. The van der Waals surface area contributed by atoms with E-state index >= 15 is 0 Å². The molecular weight excluding hydrogens is 358 g/mol. The first-order valence-electron chi connectivity index (χ1n) is 9.43. The van der Waals surface area contributed by atoms with Gasteiger partial charge >= 0.3 is 11.8 Å². The second-order valence-electron chi connectivity index (χ2n) is 7.38. The third kappa shape index (κ3) is 5.17. The zero-order valence-corrected chi connectivity index (χ0v) is 16.7. The molecule has 1 aromatic heterocycles. The van der Waals surface area contributed by atoms with E-state index in [1.165, 1.54) is 16.7 Å². The quantitative estimate of drug-likeness (QED) is 0.752. The number of nitrogens with zero attached hydrogens (tertiary/aromatic N) is 1. The fourth-order valence-corrected chi connectivity index (χ4v) is 4.06. The normalized spacial score (nSPS) is 15.2. The molecule has 1 atom stereocenters. The number of carbonyl (C=O) groups is 2. The molecule has 6 heteroatoms. The highest BCUT2D eigenvalue weighted by Gasteiger charge is 2.26. The molecule has 1 aliphatic heterocycles. The van der Waals surface area contributed by atoms with Gasteiger partial charge in [-0.1, -0.05) is 38.1 Å². The summed E-state index contributed by atoms with van der Waals surface area (Å²) >= 11 is 1.65. The molecule has 0 spiro atoms. The first-order chi connectivity index (χ1) is 13.0. The van der Waals surface area contributed by atoms with Crippen molar-refractivity contribution in [3.8, 4) is 0 Å². The van der Waals surface area contributed by atoms with Crippen LogP contribution in [-0.4, -0.2) is 36.3 Å². The first kappa shape index (κ1) is 19.6. The molecule has 0 fully saturated rings. The number of thiophene rings is 1. The van der Waals surface area contributed by atoms with E-state index in [0.29, 0.717) is 19.0 Å². The Morgan fingerprint density at radius 3 is 2.44 bits per heavy atom. The Morgan fingerprint density at radius 2 is 1.78 bits per heavy atom. The second kappa shape index (κ2) is 9.15. The van der Waals surface area contributed by atoms with Crippen LogP contribution in [0.15, 0.2) is 41.1 Å². The molecule has 1 aliphatic rings. The Kier molecular flexibility index (Phi) is 6.63. The van der Waals surface area contributed by atoms with E-state index in [4.69, 9.17) is 0 Å². The predicted molar refractivity (Wildman–Crippen MR) is 108 cm³/mol. The van der Waals surface area contributed by atoms with Gasteiger partial charge in [0.25, 0.3) is 0 Å². The Balaban J connectivity index is 1.65. The van der Waals surface area contributed by atoms with Gasteiger partial charge in [0.15, 0.2) is 0 Å². The summed E-state index contributed by atoms with van der Waals surface area (Å²) in [6.45, 7) is 6.72. The maximum atomic E-state index is 12.2. The summed E-state index contributed by atoms with van der Waals surface area (Å²) in [5.41, 5.74) is 3.92. The van der Waals surface area contributed by atoms with E-state index < -0.39 is 11.8 Å². The number of fused-ring (bicyclic) bond motifs is 1. The molecule has 0 radical (unpaired) electrons. The van der Waals surface area contributed by atoms with Gasteiger partial charge in [-0.25, -0.2) is 0 Å². The summed E-state index contributed by atoms with van der Waals surface area (Å²) in [7, 11) is 0. The molecule has 0 aliphatic carbocycles. The smallest absolute Gasteiger partial charge is 0.309 e. The van der Waals surface area contributed by atoms with Crippen LogP contribution in [0, 0.1) is 5.92 Å². The van der Waals surface area contributed by atoms with Gasteiger partial charge in [0.05, 0.1) is 6.04 Å². The molecule has 1 unspecified atom stereocenters. The largest absolute Gasteiger partial charge is 0.348 e. The number of amides is 2. The fourth-order valence-electron chi connectivity index (χ4n) is 3.35. The molecule has 2 heterocycles. The molecule has 0 bridgehead atoms. The van der Waals surface area contributed by atoms with Crippen LogP contribution in [0.5, 0.6) is 0 Å². The Bertz CT molecular complexity index is 773. The van der Waals surface area contributed by atoms with Crippen LogP contribution in [0.25, 0.3) is 0 Å². The van der Waals surface area contributed by atoms with Gasteiger partial charge in [0, 0.05) is 26.2 Å². The maximum Gasteiger partial charge on any atom is 0.309 e. The summed E-state index contributed by atoms with van der Waals surface area (Å²) in [5.74, 6) is -0.807. The van der Waals surface area contributed by atoms with Crippen molar-refractivity contribution in [2.24, 2.45) is 5.92 Å². The summed E-state index contributed by atoms with van der Waals surface area (Å²) in [6, 6.07) is 10.7. The third-order valence-corrected chi connectivity index (χ3v) is 5.56. The van der Waals surface area contributed by atoms with E-state index in [0.717, 1.165) is 19.5 Å². The highest BCUT2D eigenvalue weighted by Crippen LogP contribution is 2.28.